The van der Waals surface area contributed by atoms with Crippen LogP contribution in [0.15, 0.2) is 22.7 Å². The van der Waals surface area contributed by atoms with E-state index >= 15 is 0 Å². The largest absolute Gasteiger partial charge is 0.493 e. The highest BCUT2D eigenvalue weighted by molar-refractivity contribution is 9.10. The van der Waals surface area contributed by atoms with Crippen molar-refractivity contribution in [3.63, 3.8) is 0 Å². The monoisotopic (exact) mass is 284 g/mol. The minimum Gasteiger partial charge on any atom is -0.493 e. The summed E-state index contributed by atoms with van der Waals surface area (Å²) in [5.41, 5.74) is 1.12. The molecular weight excluding hydrogens is 268 g/mol. The molecule has 0 saturated carbocycles. The standard InChI is InChI=1S/C13H17BrO2/c1-3-12(15)5-4-8-16-13-9-11(14)7-6-10(13)2/h6-7,9H,3-5,8H2,1-2H3. The van der Waals surface area contributed by atoms with Crippen molar-refractivity contribution in [1.29, 1.82) is 0 Å². The van der Waals surface area contributed by atoms with E-state index in [-0.39, 0.29) is 0 Å². The van der Waals surface area contributed by atoms with Gasteiger partial charge in [-0.3, -0.25) is 4.79 Å². The van der Waals surface area contributed by atoms with Crippen LogP contribution in [0.25, 0.3) is 0 Å². The smallest absolute Gasteiger partial charge is 0.132 e. The number of carbonyl (C=O) groups is 1. The van der Waals surface area contributed by atoms with E-state index in [0.29, 0.717) is 25.2 Å². The SMILES string of the molecule is CCC(=O)CCCOc1cc(Br)ccc1C. The van der Waals surface area contributed by atoms with Crippen LogP contribution in [0.4, 0.5) is 0 Å². The number of ketones is 1. The van der Waals surface area contributed by atoms with E-state index in [1.54, 1.807) is 0 Å². The van der Waals surface area contributed by atoms with Crippen molar-refractivity contribution in [3.8, 4) is 5.75 Å². The Morgan fingerprint density at radius 3 is 2.88 bits per heavy atom. The van der Waals surface area contributed by atoms with Crippen LogP contribution in [0.3, 0.4) is 0 Å². The molecule has 0 saturated heterocycles. The molecule has 0 aromatic heterocycles. The van der Waals surface area contributed by atoms with Gasteiger partial charge < -0.3 is 4.74 Å². The molecule has 0 aliphatic heterocycles. The van der Waals surface area contributed by atoms with Crippen LogP contribution < -0.4 is 4.74 Å². The number of hydrogen-bond acceptors (Lipinski definition) is 2. The number of rotatable bonds is 6. The highest BCUT2D eigenvalue weighted by Crippen LogP contribution is 2.22. The molecule has 1 aromatic carbocycles. The molecule has 2 nitrogen and oxygen atoms in total. The molecule has 0 heterocycles. The molecule has 0 bridgehead atoms. The van der Waals surface area contributed by atoms with E-state index in [2.05, 4.69) is 15.9 Å². The maximum absolute atomic E-state index is 11.1. The fourth-order valence-corrected chi connectivity index (χ4v) is 1.70. The Hall–Kier alpha value is -0.830. The van der Waals surface area contributed by atoms with Gasteiger partial charge in [0.2, 0.25) is 0 Å². The van der Waals surface area contributed by atoms with Crippen LogP contribution in [-0.2, 0) is 4.79 Å². The average molecular weight is 285 g/mol. The summed E-state index contributed by atoms with van der Waals surface area (Å²) in [6.07, 6.45) is 2.03. The molecule has 3 heteroatoms. The normalized spacial score (nSPS) is 10.2. The van der Waals surface area contributed by atoms with E-state index < -0.39 is 0 Å². The molecule has 0 radical (unpaired) electrons. The summed E-state index contributed by atoms with van der Waals surface area (Å²) in [6.45, 7) is 4.50. The van der Waals surface area contributed by atoms with Crippen molar-refractivity contribution >= 4 is 21.7 Å². The van der Waals surface area contributed by atoms with Crippen molar-refractivity contribution in [1.82, 2.24) is 0 Å². The summed E-state index contributed by atoms with van der Waals surface area (Å²) in [5.74, 6) is 1.19. The molecule has 0 unspecified atom stereocenters. The van der Waals surface area contributed by atoms with Crippen LogP contribution in [0.5, 0.6) is 5.75 Å². The van der Waals surface area contributed by atoms with Crippen molar-refractivity contribution in [2.75, 3.05) is 6.61 Å². The fourth-order valence-electron chi connectivity index (χ4n) is 1.36. The van der Waals surface area contributed by atoms with Crippen LogP contribution >= 0.6 is 15.9 Å². The summed E-state index contributed by atoms with van der Waals surface area (Å²) in [6, 6.07) is 5.95. The second-order valence-corrected chi connectivity index (χ2v) is 4.67. The Balaban J connectivity index is 2.37. The zero-order chi connectivity index (χ0) is 12.0. The molecular formula is C13H17BrO2. The first-order valence-electron chi connectivity index (χ1n) is 5.54. The summed E-state index contributed by atoms with van der Waals surface area (Å²) in [5, 5.41) is 0. The zero-order valence-electron chi connectivity index (χ0n) is 9.75. The van der Waals surface area contributed by atoms with Crippen LogP contribution in [-0.4, -0.2) is 12.4 Å². The summed E-state index contributed by atoms with van der Waals surface area (Å²) in [7, 11) is 0. The lowest BCUT2D eigenvalue weighted by atomic mass is 10.2. The highest BCUT2D eigenvalue weighted by Gasteiger charge is 2.02. The third-order valence-corrected chi connectivity index (χ3v) is 2.90. The molecule has 0 atom stereocenters. The van der Waals surface area contributed by atoms with Gasteiger partial charge in [0, 0.05) is 17.3 Å². The van der Waals surface area contributed by atoms with Gasteiger partial charge in [-0.2, -0.15) is 0 Å². The van der Waals surface area contributed by atoms with E-state index in [4.69, 9.17) is 4.74 Å². The lowest BCUT2D eigenvalue weighted by molar-refractivity contribution is -0.118. The van der Waals surface area contributed by atoms with Gasteiger partial charge in [0.05, 0.1) is 6.61 Å². The molecule has 0 amide bonds. The molecule has 1 rings (SSSR count). The van der Waals surface area contributed by atoms with E-state index in [1.165, 1.54) is 0 Å². The zero-order valence-corrected chi connectivity index (χ0v) is 11.3. The molecule has 1 aromatic rings. The molecule has 0 spiro atoms. The number of benzene rings is 1. The minimum atomic E-state index is 0.301. The predicted molar refractivity (Wildman–Crippen MR) is 68.9 cm³/mol. The van der Waals surface area contributed by atoms with Crippen molar-refractivity contribution in [3.05, 3.63) is 28.2 Å². The quantitative estimate of drug-likeness (QED) is 0.741. The van der Waals surface area contributed by atoms with Gasteiger partial charge in [0.25, 0.3) is 0 Å². The first-order valence-corrected chi connectivity index (χ1v) is 6.33. The number of hydrogen-bond donors (Lipinski definition) is 0. The second kappa shape index (κ2) is 6.69. The lowest BCUT2D eigenvalue weighted by Crippen LogP contribution is -2.02. The fraction of sp³-hybridized carbons (Fsp3) is 0.462. The van der Waals surface area contributed by atoms with Gasteiger partial charge in [-0.05, 0) is 31.0 Å². The van der Waals surface area contributed by atoms with Gasteiger partial charge in [0.1, 0.15) is 11.5 Å². The Bertz CT molecular complexity index is 361. The lowest BCUT2D eigenvalue weighted by Gasteiger charge is -2.08. The summed E-state index contributed by atoms with van der Waals surface area (Å²) < 4.78 is 6.64. The van der Waals surface area contributed by atoms with Gasteiger partial charge in [-0.25, -0.2) is 0 Å². The molecule has 0 aliphatic rings. The Morgan fingerprint density at radius 2 is 2.19 bits per heavy atom. The molecule has 0 fully saturated rings. The molecule has 16 heavy (non-hydrogen) atoms. The molecule has 0 aliphatic carbocycles. The molecule has 88 valence electrons. The third kappa shape index (κ3) is 4.35. The highest BCUT2D eigenvalue weighted by atomic mass is 79.9. The van der Waals surface area contributed by atoms with Gasteiger partial charge in [0.15, 0.2) is 0 Å². The topological polar surface area (TPSA) is 26.3 Å². The van der Waals surface area contributed by atoms with Gasteiger partial charge >= 0.3 is 0 Å². The van der Waals surface area contributed by atoms with Crippen LogP contribution in [0.1, 0.15) is 31.7 Å². The Morgan fingerprint density at radius 1 is 1.44 bits per heavy atom. The third-order valence-electron chi connectivity index (χ3n) is 2.40. The van der Waals surface area contributed by atoms with Crippen LogP contribution in [0, 0.1) is 6.92 Å². The Labute approximate surface area is 105 Å². The van der Waals surface area contributed by atoms with Crippen LogP contribution in [0.2, 0.25) is 0 Å². The number of ether oxygens (including phenoxy) is 1. The van der Waals surface area contributed by atoms with Gasteiger partial charge in [-0.15, -0.1) is 0 Å². The average Bonchev–Trinajstić information content (AvgIpc) is 2.28. The number of carbonyl (C=O) groups excluding carboxylic acids is 1. The first-order chi connectivity index (χ1) is 7.63. The predicted octanol–water partition coefficient (Wildman–Crippen LogP) is 3.90. The second-order valence-electron chi connectivity index (χ2n) is 3.75. The van der Waals surface area contributed by atoms with E-state index in [0.717, 1.165) is 22.2 Å². The van der Waals surface area contributed by atoms with E-state index in [9.17, 15) is 4.79 Å². The number of aryl methyl sites for hydroxylation is 1. The molecule has 0 N–H and O–H groups in total. The Kier molecular flexibility index (Phi) is 5.53. The first kappa shape index (κ1) is 13.2. The van der Waals surface area contributed by atoms with Gasteiger partial charge in [-0.1, -0.05) is 28.9 Å². The minimum absolute atomic E-state index is 0.301. The summed E-state index contributed by atoms with van der Waals surface area (Å²) in [4.78, 5) is 11.1. The van der Waals surface area contributed by atoms with Crippen molar-refractivity contribution < 1.29 is 9.53 Å². The van der Waals surface area contributed by atoms with E-state index in [1.807, 2.05) is 32.0 Å². The maximum Gasteiger partial charge on any atom is 0.132 e. The van der Waals surface area contributed by atoms with Crippen molar-refractivity contribution in [2.45, 2.75) is 33.1 Å². The van der Waals surface area contributed by atoms with Crippen molar-refractivity contribution in [2.24, 2.45) is 0 Å². The summed E-state index contributed by atoms with van der Waals surface area (Å²) >= 11 is 3.41. The maximum atomic E-state index is 11.1. The number of Topliss-reactive ketones (excluding diaryl/α,β-unsaturated/α-hetero) is 1. The number of halogens is 1.